The zero-order valence-corrected chi connectivity index (χ0v) is 19.6. The first-order valence-corrected chi connectivity index (χ1v) is 11.6. The van der Waals surface area contributed by atoms with E-state index in [0.717, 1.165) is 42.0 Å². The molecule has 0 atom stereocenters. The Morgan fingerprint density at radius 3 is 2.49 bits per heavy atom. The van der Waals surface area contributed by atoms with Crippen molar-refractivity contribution in [3.05, 3.63) is 114 Å². The molecule has 5 rings (SSSR count). The topological polar surface area (TPSA) is 92.0 Å². The summed E-state index contributed by atoms with van der Waals surface area (Å²) in [5, 5.41) is 21.3. The standard InChI is InChI=1S/C28H27N7/c1-34(18-15-22-7-4-5-16-31-22)19-20-11-13-21(14-12-20)26(29)35-25-10-6-17-32-28(25)33-24-9-3-2-8-23(24)27(35)30/h2-14,16-17,29-30H,15,18-19H2,1H3,(H,32,33). The monoisotopic (exact) mass is 461 g/mol. The fourth-order valence-electron chi connectivity index (χ4n) is 4.21. The molecule has 3 N–H and O–H groups in total. The zero-order valence-electron chi connectivity index (χ0n) is 19.6. The second-order valence-electron chi connectivity index (χ2n) is 8.58. The van der Waals surface area contributed by atoms with E-state index in [2.05, 4.69) is 45.4 Å². The van der Waals surface area contributed by atoms with Gasteiger partial charge in [-0.25, -0.2) is 4.98 Å². The summed E-state index contributed by atoms with van der Waals surface area (Å²) in [7, 11) is 2.10. The van der Waals surface area contributed by atoms with Crippen LogP contribution in [-0.2, 0) is 13.0 Å². The third-order valence-corrected chi connectivity index (χ3v) is 6.07. The number of amidine groups is 2. The molecular weight excluding hydrogens is 434 g/mol. The highest BCUT2D eigenvalue weighted by atomic mass is 15.2. The van der Waals surface area contributed by atoms with E-state index in [0.29, 0.717) is 11.5 Å². The summed E-state index contributed by atoms with van der Waals surface area (Å²) in [6.07, 6.45) is 4.44. The predicted octanol–water partition coefficient (Wildman–Crippen LogP) is 5.07. The Balaban J connectivity index is 1.34. The number of fused-ring (bicyclic) bond motifs is 2. The number of anilines is 3. The van der Waals surface area contributed by atoms with Crippen molar-refractivity contribution in [3.63, 3.8) is 0 Å². The Morgan fingerprint density at radius 1 is 0.914 bits per heavy atom. The van der Waals surface area contributed by atoms with E-state index in [4.69, 9.17) is 10.8 Å². The van der Waals surface area contributed by atoms with Crippen LogP contribution in [0.15, 0.2) is 91.3 Å². The number of aromatic nitrogens is 2. The zero-order chi connectivity index (χ0) is 24.2. The number of benzene rings is 2. The van der Waals surface area contributed by atoms with Crippen LogP contribution in [0.3, 0.4) is 0 Å². The number of rotatable bonds is 6. The number of para-hydroxylation sites is 1. The average Bonchev–Trinajstić information content (AvgIpc) is 3.02. The van der Waals surface area contributed by atoms with E-state index in [1.807, 2.05) is 66.9 Å². The summed E-state index contributed by atoms with van der Waals surface area (Å²) >= 11 is 0. The number of hydrogen-bond donors (Lipinski definition) is 3. The molecule has 0 radical (unpaired) electrons. The van der Waals surface area contributed by atoms with Gasteiger partial charge in [-0.2, -0.15) is 0 Å². The van der Waals surface area contributed by atoms with Crippen LogP contribution in [0.2, 0.25) is 0 Å². The molecule has 3 heterocycles. The molecule has 2 aromatic heterocycles. The minimum Gasteiger partial charge on any atom is -0.338 e. The molecule has 0 amide bonds. The highest BCUT2D eigenvalue weighted by molar-refractivity contribution is 6.30. The van der Waals surface area contributed by atoms with Crippen molar-refractivity contribution in [2.75, 3.05) is 23.8 Å². The van der Waals surface area contributed by atoms with E-state index < -0.39 is 0 Å². The Kier molecular flexibility index (Phi) is 6.32. The lowest BCUT2D eigenvalue weighted by atomic mass is 10.1. The van der Waals surface area contributed by atoms with Gasteiger partial charge in [0.15, 0.2) is 5.82 Å². The molecule has 2 aromatic carbocycles. The molecule has 0 spiro atoms. The van der Waals surface area contributed by atoms with Crippen molar-refractivity contribution in [2.45, 2.75) is 13.0 Å². The average molecular weight is 462 g/mol. The third kappa shape index (κ3) is 4.81. The Hall–Kier alpha value is -4.36. The van der Waals surface area contributed by atoms with Gasteiger partial charge in [-0.05, 0) is 49.0 Å². The van der Waals surface area contributed by atoms with Gasteiger partial charge in [-0.1, -0.05) is 42.5 Å². The van der Waals surface area contributed by atoms with Crippen molar-refractivity contribution < 1.29 is 0 Å². The Labute approximate surface area is 205 Å². The smallest absolute Gasteiger partial charge is 0.154 e. The van der Waals surface area contributed by atoms with Crippen LogP contribution in [0, 0.1) is 10.8 Å². The minimum absolute atomic E-state index is 0.234. The van der Waals surface area contributed by atoms with E-state index >= 15 is 0 Å². The normalized spacial score (nSPS) is 12.5. The lowest BCUT2D eigenvalue weighted by molar-refractivity contribution is 0.330. The van der Waals surface area contributed by atoms with Crippen molar-refractivity contribution in [2.24, 2.45) is 0 Å². The number of nitrogens with zero attached hydrogens (tertiary/aromatic N) is 4. The maximum absolute atomic E-state index is 9.01. The van der Waals surface area contributed by atoms with E-state index in [1.165, 1.54) is 5.56 Å². The Morgan fingerprint density at radius 2 is 1.69 bits per heavy atom. The van der Waals surface area contributed by atoms with Crippen LogP contribution in [0.25, 0.3) is 0 Å². The van der Waals surface area contributed by atoms with Crippen molar-refractivity contribution in [1.82, 2.24) is 14.9 Å². The molecule has 0 saturated heterocycles. The highest BCUT2D eigenvalue weighted by Gasteiger charge is 2.28. The number of hydrogen-bond acceptors (Lipinski definition) is 6. The largest absolute Gasteiger partial charge is 0.338 e. The molecule has 0 unspecified atom stereocenters. The van der Waals surface area contributed by atoms with Crippen molar-refractivity contribution in [3.8, 4) is 0 Å². The molecule has 0 fully saturated rings. The fourth-order valence-corrected chi connectivity index (χ4v) is 4.21. The fraction of sp³-hybridized carbons (Fsp3) is 0.143. The van der Waals surface area contributed by atoms with Crippen LogP contribution in [0.5, 0.6) is 0 Å². The molecule has 0 aliphatic carbocycles. The summed E-state index contributed by atoms with van der Waals surface area (Å²) in [6, 6.07) is 25.4. The van der Waals surface area contributed by atoms with Gasteiger partial charge >= 0.3 is 0 Å². The van der Waals surface area contributed by atoms with Gasteiger partial charge in [-0.15, -0.1) is 0 Å². The van der Waals surface area contributed by atoms with Gasteiger partial charge in [0.2, 0.25) is 0 Å². The van der Waals surface area contributed by atoms with Crippen molar-refractivity contribution >= 4 is 28.9 Å². The van der Waals surface area contributed by atoms with Crippen LogP contribution < -0.4 is 10.2 Å². The number of likely N-dealkylation sites (N-methyl/N-ethyl adjacent to an activating group) is 1. The summed E-state index contributed by atoms with van der Waals surface area (Å²) < 4.78 is 0. The van der Waals surface area contributed by atoms with E-state index in [-0.39, 0.29) is 11.7 Å². The van der Waals surface area contributed by atoms with E-state index in [1.54, 1.807) is 11.1 Å². The lowest BCUT2D eigenvalue weighted by Crippen LogP contribution is -2.36. The number of nitrogens with one attached hydrogen (secondary N) is 3. The van der Waals surface area contributed by atoms with Gasteiger partial charge < -0.3 is 10.2 Å². The van der Waals surface area contributed by atoms with Gasteiger partial charge in [-0.3, -0.25) is 20.7 Å². The maximum atomic E-state index is 9.01. The molecule has 7 nitrogen and oxygen atoms in total. The highest BCUT2D eigenvalue weighted by Crippen LogP contribution is 2.34. The molecule has 35 heavy (non-hydrogen) atoms. The first-order valence-electron chi connectivity index (χ1n) is 11.6. The number of pyridine rings is 2. The van der Waals surface area contributed by atoms with Gasteiger partial charge in [0.1, 0.15) is 11.7 Å². The summed E-state index contributed by atoms with van der Waals surface area (Å²) in [5.74, 6) is 1.10. The summed E-state index contributed by atoms with van der Waals surface area (Å²) in [5.41, 5.74) is 5.21. The SMILES string of the molecule is CN(CCc1ccccn1)Cc1ccc(C(=N)N2C(=N)c3ccccc3Nc3ncccc32)cc1. The van der Waals surface area contributed by atoms with E-state index in [9.17, 15) is 0 Å². The lowest BCUT2D eigenvalue weighted by Gasteiger charge is -2.25. The van der Waals surface area contributed by atoms with Crippen LogP contribution in [0.1, 0.15) is 22.4 Å². The third-order valence-electron chi connectivity index (χ3n) is 6.07. The molecule has 1 aliphatic rings. The molecule has 0 bridgehead atoms. The van der Waals surface area contributed by atoms with Crippen molar-refractivity contribution in [1.29, 1.82) is 10.8 Å². The molecule has 174 valence electrons. The molecule has 7 heteroatoms. The molecular formula is C28H27N7. The minimum atomic E-state index is 0.234. The Bertz CT molecular complexity index is 1350. The van der Waals surface area contributed by atoms with Gasteiger partial charge in [0.05, 0.1) is 11.4 Å². The molecule has 1 aliphatic heterocycles. The predicted molar refractivity (Wildman–Crippen MR) is 141 cm³/mol. The summed E-state index contributed by atoms with van der Waals surface area (Å²) in [4.78, 5) is 12.8. The summed E-state index contributed by atoms with van der Waals surface area (Å²) in [6.45, 7) is 1.72. The van der Waals surface area contributed by atoms with Gasteiger partial charge in [0.25, 0.3) is 0 Å². The first-order chi connectivity index (χ1) is 17.1. The van der Waals surface area contributed by atoms with Crippen LogP contribution >= 0.6 is 0 Å². The molecule has 4 aromatic rings. The quantitative estimate of drug-likeness (QED) is 0.276. The van der Waals surface area contributed by atoms with Crippen LogP contribution in [0.4, 0.5) is 17.2 Å². The second-order valence-corrected chi connectivity index (χ2v) is 8.58. The second kappa shape index (κ2) is 9.87. The molecule has 0 saturated carbocycles. The maximum Gasteiger partial charge on any atom is 0.154 e. The van der Waals surface area contributed by atoms with Crippen LogP contribution in [-0.4, -0.2) is 40.1 Å². The first kappa shape index (κ1) is 22.4. The van der Waals surface area contributed by atoms with Gasteiger partial charge in [0, 0.05) is 48.7 Å².